The van der Waals surface area contributed by atoms with Gasteiger partial charge in [0.2, 0.25) is 0 Å². The Balaban J connectivity index is 1.52. The second-order valence-electron chi connectivity index (χ2n) is 11.6. The molecule has 230 valence electrons. The number of aromatic nitrogens is 2. The lowest BCUT2D eigenvalue weighted by molar-refractivity contribution is -0.139. The molecule has 0 radical (unpaired) electrons. The molecule has 1 aliphatic rings. The number of halogens is 1. The molecule has 3 aromatic carbocycles. The first-order valence-electron chi connectivity index (χ1n) is 15.4. The number of esters is 1. The number of ether oxygens (including phenoxy) is 1. The Labute approximate surface area is 275 Å². The Morgan fingerprint density at radius 1 is 1.04 bits per heavy atom. The van der Waals surface area contributed by atoms with Gasteiger partial charge in [0.25, 0.3) is 5.56 Å². The van der Waals surface area contributed by atoms with Crippen molar-refractivity contribution in [1.82, 2.24) is 9.13 Å². The number of hydrogen-bond donors (Lipinski definition) is 0. The number of thiazole rings is 1. The molecule has 0 aliphatic carbocycles. The summed E-state index contributed by atoms with van der Waals surface area (Å²) in [5.41, 5.74) is 6.27. The van der Waals surface area contributed by atoms with Gasteiger partial charge in [-0.2, -0.15) is 0 Å². The molecule has 1 aliphatic heterocycles. The lowest BCUT2D eigenvalue weighted by Gasteiger charge is -2.26. The molecule has 2 aromatic heterocycles. The molecule has 0 saturated carbocycles. The second kappa shape index (κ2) is 13.2. The van der Waals surface area contributed by atoms with Crippen molar-refractivity contribution in [2.24, 2.45) is 4.99 Å². The number of carbonyl (C=O) groups is 1. The lowest BCUT2D eigenvalue weighted by atomic mass is 9.92. The van der Waals surface area contributed by atoms with E-state index in [1.54, 1.807) is 11.5 Å². The van der Waals surface area contributed by atoms with Crippen LogP contribution in [0.15, 0.2) is 105 Å². The van der Waals surface area contributed by atoms with Gasteiger partial charge in [0.05, 0.1) is 28.5 Å². The molecular weight excluding hydrogens is 646 g/mol. The van der Waals surface area contributed by atoms with Crippen molar-refractivity contribution in [2.75, 3.05) is 6.61 Å². The third kappa shape index (κ3) is 6.14. The van der Waals surface area contributed by atoms with Crippen molar-refractivity contribution in [3.8, 4) is 0 Å². The van der Waals surface area contributed by atoms with Crippen LogP contribution in [0.3, 0.4) is 0 Å². The van der Waals surface area contributed by atoms with E-state index in [1.165, 1.54) is 22.5 Å². The van der Waals surface area contributed by atoms with E-state index in [0.29, 0.717) is 39.5 Å². The number of nitrogens with zero attached hydrogens (tertiary/aromatic N) is 3. The molecular formula is C37H36BrN3O3S. The second-order valence-corrected chi connectivity index (χ2v) is 13.5. The topological polar surface area (TPSA) is 65.6 Å². The maximum absolute atomic E-state index is 14.3. The van der Waals surface area contributed by atoms with Gasteiger partial charge >= 0.3 is 5.97 Å². The normalized spacial score (nSPS) is 15.1. The number of para-hydroxylation sites is 1. The van der Waals surface area contributed by atoms with Crippen LogP contribution in [0.5, 0.6) is 0 Å². The third-order valence-corrected chi connectivity index (χ3v) is 9.69. The maximum Gasteiger partial charge on any atom is 0.338 e. The molecule has 3 heterocycles. The molecule has 8 heteroatoms. The molecule has 1 atom stereocenters. The Morgan fingerprint density at radius 2 is 1.78 bits per heavy atom. The SMILES string of the molecule is CCCC1=C(C(=O)OCC)[C@@H](c2ccc(C(C)C)cc2)n2c(s/c(=C/c3cn(Cc4ccc(Br)cc4)c4ccccc34)c2=O)=N1. The van der Waals surface area contributed by atoms with E-state index in [2.05, 4.69) is 83.9 Å². The smallest absolute Gasteiger partial charge is 0.338 e. The van der Waals surface area contributed by atoms with Crippen LogP contribution in [0.1, 0.15) is 74.8 Å². The van der Waals surface area contributed by atoms with Crippen molar-refractivity contribution in [1.29, 1.82) is 0 Å². The predicted octanol–water partition coefficient (Wildman–Crippen LogP) is 7.47. The van der Waals surface area contributed by atoms with Crippen molar-refractivity contribution < 1.29 is 9.53 Å². The van der Waals surface area contributed by atoms with Gasteiger partial charge in [-0.1, -0.05) is 109 Å². The molecule has 0 saturated heterocycles. The number of benzene rings is 3. The zero-order valence-electron chi connectivity index (χ0n) is 25.9. The molecule has 0 amide bonds. The van der Waals surface area contributed by atoms with Crippen LogP contribution in [0, 0.1) is 0 Å². The third-order valence-electron chi connectivity index (χ3n) is 8.18. The number of fused-ring (bicyclic) bond motifs is 2. The van der Waals surface area contributed by atoms with Crippen molar-refractivity contribution in [3.05, 3.63) is 137 Å². The molecule has 5 aromatic rings. The van der Waals surface area contributed by atoms with Gasteiger partial charge in [-0.3, -0.25) is 9.36 Å². The fraction of sp³-hybridized carbons (Fsp3) is 0.270. The van der Waals surface area contributed by atoms with E-state index in [0.717, 1.165) is 32.9 Å². The van der Waals surface area contributed by atoms with Crippen LogP contribution in [0.2, 0.25) is 0 Å². The van der Waals surface area contributed by atoms with Gasteiger partial charge in [-0.05, 0) is 60.2 Å². The highest BCUT2D eigenvalue weighted by molar-refractivity contribution is 9.10. The Hall–Kier alpha value is -4.01. The van der Waals surface area contributed by atoms with Gasteiger partial charge in [-0.25, -0.2) is 9.79 Å². The Kier molecular flexibility index (Phi) is 9.06. The van der Waals surface area contributed by atoms with Crippen LogP contribution in [0.4, 0.5) is 0 Å². The minimum atomic E-state index is -0.621. The summed E-state index contributed by atoms with van der Waals surface area (Å²) < 4.78 is 11.1. The van der Waals surface area contributed by atoms with Crippen LogP contribution in [-0.4, -0.2) is 21.7 Å². The summed E-state index contributed by atoms with van der Waals surface area (Å²) in [6, 6.07) is 24.2. The highest BCUT2D eigenvalue weighted by Gasteiger charge is 2.34. The minimum absolute atomic E-state index is 0.168. The van der Waals surface area contributed by atoms with Crippen molar-refractivity contribution in [2.45, 2.75) is 59.0 Å². The summed E-state index contributed by atoms with van der Waals surface area (Å²) in [6.45, 7) is 9.12. The average molecular weight is 683 g/mol. The van der Waals surface area contributed by atoms with E-state index in [4.69, 9.17) is 9.73 Å². The molecule has 45 heavy (non-hydrogen) atoms. The summed E-state index contributed by atoms with van der Waals surface area (Å²) >= 11 is 4.89. The molecule has 0 N–H and O–H groups in total. The van der Waals surface area contributed by atoms with E-state index in [9.17, 15) is 9.59 Å². The zero-order valence-corrected chi connectivity index (χ0v) is 28.3. The standard InChI is InChI=1S/C37H36BrN3O3S/c1-5-9-30-33(36(43)44-6-2)34(26-16-14-25(15-17-26)23(3)4)41-35(42)32(45-37(41)39-30)20-27-22-40(31-11-8-7-10-29(27)31)21-24-12-18-28(38)19-13-24/h7-8,10-20,22-23,34H,5-6,9,21H2,1-4H3/b32-20+/t34-/m1/s1. The zero-order chi connectivity index (χ0) is 31.7. The molecule has 0 unspecified atom stereocenters. The van der Waals surface area contributed by atoms with Gasteiger partial charge in [0.1, 0.15) is 0 Å². The first kappa shape index (κ1) is 31.0. The summed E-state index contributed by atoms with van der Waals surface area (Å²) in [5.74, 6) is -0.0596. The number of allylic oxidation sites excluding steroid dienone is 1. The number of carbonyl (C=O) groups excluding carboxylic acids is 1. The summed E-state index contributed by atoms with van der Waals surface area (Å²) in [7, 11) is 0. The Bertz CT molecular complexity index is 2080. The van der Waals surface area contributed by atoms with Crippen molar-refractivity contribution >= 4 is 50.2 Å². The van der Waals surface area contributed by atoms with Crippen molar-refractivity contribution in [3.63, 3.8) is 0 Å². The minimum Gasteiger partial charge on any atom is -0.463 e. The molecule has 0 bridgehead atoms. The lowest BCUT2D eigenvalue weighted by Crippen LogP contribution is -2.40. The number of rotatable bonds is 9. The maximum atomic E-state index is 14.3. The molecule has 6 rings (SSSR count). The summed E-state index contributed by atoms with van der Waals surface area (Å²) in [5, 5.41) is 1.07. The fourth-order valence-electron chi connectivity index (χ4n) is 5.95. The van der Waals surface area contributed by atoms with Crippen LogP contribution in [-0.2, 0) is 16.1 Å². The number of hydrogen-bond acceptors (Lipinski definition) is 5. The summed E-state index contributed by atoms with van der Waals surface area (Å²) in [6.07, 6.45) is 5.51. The summed E-state index contributed by atoms with van der Waals surface area (Å²) in [4.78, 5) is 33.4. The fourth-order valence-corrected chi connectivity index (χ4v) is 7.22. The highest BCUT2D eigenvalue weighted by atomic mass is 79.9. The molecule has 0 fully saturated rings. The van der Waals surface area contributed by atoms with E-state index < -0.39 is 12.0 Å². The monoisotopic (exact) mass is 681 g/mol. The quantitative estimate of drug-likeness (QED) is 0.152. The van der Waals surface area contributed by atoms with Gasteiger partial charge < -0.3 is 9.30 Å². The Morgan fingerprint density at radius 3 is 2.47 bits per heavy atom. The van der Waals surface area contributed by atoms with Gasteiger partial charge in [0.15, 0.2) is 4.80 Å². The highest BCUT2D eigenvalue weighted by Crippen LogP contribution is 2.33. The molecule has 0 spiro atoms. The first-order chi connectivity index (χ1) is 21.8. The van der Waals surface area contributed by atoms with Crippen LogP contribution >= 0.6 is 27.3 Å². The van der Waals surface area contributed by atoms with E-state index in [-0.39, 0.29) is 12.2 Å². The predicted molar refractivity (Wildman–Crippen MR) is 185 cm³/mol. The largest absolute Gasteiger partial charge is 0.463 e. The van der Waals surface area contributed by atoms with Gasteiger partial charge in [-0.15, -0.1) is 0 Å². The van der Waals surface area contributed by atoms with Gasteiger partial charge in [0, 0.05) is 33.7 Å². The van der Waals surface area contributed by atoms with E-state index in [1.807, 2.05) is 42.5 Å². The average Bonchev–Trinajstić information content (AvgIpc) is 3.54. The first-order valence-corrected chi connectivity index (χ1v) is 17.0. The van der Waals surface area contributed by atoms with Crippen LogP contribution < -0.4 is 14.9 Å². The van der Waals surface area contributed by atoms with Crippen LogP contribution in [0.25, 0.3) is 17.0 Å². The van der Waals surface area contributed by atoms with E-state index >= 15 is 0 Å². The molecule has 6 nitrogen and oxygen atoms in total.